The molecule has 1 aliphatic rings. The average Bonchev–Trinajstić information content (AvgIpc) is 3.11. The van der Waals surface area contributed by atoms with E-state index < -0.39 is 18.0 Å². The van der Waals surface area contributed by atoms with Crippen LogP contribution >= 0.6 is 0 Å². The number of carbonyl (C=O) groups excluding carboxylic acids is 2. The molecule has 7 nitrogen and oxygen atoms in total. The largest absolute Gasteiger partial charge is 0.396 e. The Hall–Kier alpha value is -2.43. The SMILES string of the molecule is CC(C)(C)C(N)C(=O)N1CCCC1C(N)=O.N#Cc1ccc(CCO)cc1. The molecule has 1 aliphatic heterocycles. The van der Waals surface area contributed by atoms with Gasteiger partial charge in [0.25, 0.3) is 0 Å². The number of amides is 2. The van der Waals surface area contributed by atoms with Crippen LogP contribution in [0.2, 0.25) is 0 Å². The molecule has 0 bridgehead atoms. The minimum absolute atomic E-state index is 0.159. The normalized spacial score (nSPS) is 17.5. The highest BCUT2D eigenvalue weighted by atomic mass is 16.3. The third kappa shape index (κ3) is 6.66. The van der Waals surface area contributed by atoms with Gasteiger partial charge in [0.2, 0.25) is 11.8 Å². The van der Waals surface area contributed by atoms with Gasteiger partial charge in [-0.3, -0.25) is 9.59 Å². The molecular weight excluding hydrogens is 344 g/mol. The van der Waals surface area contributed by atoms with E-state index in [2.05, 4.69) is 0 Å². The molecule has 2 amide bonds. The second kappa shape index (κ2) is 10.0. The number of likely N-dealkylation sites (tertiary alicyclic amines) is 1. The van der Waals surface area contributed by atoms with Crippen LogP contribution in [0.15, 0.2) is 24.3 Å². The summed E-state index contributed by atoms with van der Waals surface area (Å²) in [5.41, 5.74) is 12.6. The zero-order valence-corrected chi connectivity index (χ0v) is 16.3. The Bertz CT molecular complexity index is 674. The molecule has 0 radical (unpaired) electrons. The summed E-state index contributed by atoms with van der Waals surface area (Å²) < 4.78 is 0. The molecule has 27 heavy (non-hydrogen) atoms. The van der Waals surface area contributed by atoms with E-state index in [0.717, 1.165) is 12.0 Å². The second-order valence-corrected chi connectivity index (χ2v) is 7.72. The molecule has 1 fully saturated rings. The van der Waals surface area contributed by atoms with Crippen molar-refractivity contribution in [2.24, 2.45) is 16.9 Å². The van der Waals surface area contributed by atoms with Crippen LogP contribution in [0.4, 0.5) is 0 Å². The minimum atomic E-state index is -0.590. The summed E-state index contributed by atoms with van der Waals surface area (Å²) in [6.45, 7) is 6.46. The zero-order chi connectivity index (χ0) is 20.6. The van der Waals surface area contributed by atoms with Gasteiger partial charge < -0.3 is 21.5 Å². The lowest BCUT2D eigenvalue weighted by atomic mass is 9.86. The fourth-order valence-corrected chi connectivity index (χ4v) is 2.75. The highest BCUT2D eigenvalue weighted by Crippen LogP contribution is 2.24. The van der Waals surface area contributed by atoms with Gasteiger partial charge in [-0.2, -0.15) is 5.26 Å². The second-order valence-electron chi connectivity index (χ2n) is 7.72. The third-order valence-corrected chi connectivity index (χ3v) is 4.55. The lowest BCUT2D eigenvalue weighted by Gasteiger charge is -2.32. The molecule has 1 aromatic rings. The summed E-state index contributed by atoms with van der Waals surface area (Å²) in [6.07, 6.45) is 2.12. The molecule has 7 heteroatoms. The Morgan fingerprint density at radius 1 is 1.33 bits per heavy atom. The molecular formula is C20H30N4O3. The topological polar surface area (TPSA) is 133 Å². The predicted molar refractivity (Wildman–Crippen MR) is 103 cm³/mol. The fourth-order valence-electron chi connectivity index (χ4n) is 2.75. The number of rotatable bonds is 4. The first-order chi connectivity index (χ1) is 12.6. The molecule has 1 saturated heterocycles. The van der Waals surface area contributed by atoms with E-state index in [0.29, 0.717) is 24.9 Å². The van der Waals surface area contributed by atoms with Crippen LogP contribution in [0.5, 0.6) is 0 Å². The van der Waals surface area contributed by atoms with Crippen LogP contribution in [-0.2, 0) is 16.0 Å². The summed E-state index contributed by atoms with van der Waals surface area (Å²) >= 11 is 0. The van der Waals surface area contributed by atoms with Crippen LogP contribution in [0.3, 0.4) is 0 Å². The number of aliphatic hydroxyl groups excluding tert-OH is 1. The van der Waals surface area contributed by atoms with Gasteiger partial charge >= 0.3 is 0 Å². The lowest BCUT2D eigenvalue weighted by Crippen LogP contribution is -2.54. The average molecular weight is 374 g/mol. The zero-order valence-electron chi connectivity index (χ0n) is 16.3. The number of benzene rings is 1. The standard InChI is InChI=1S/C11H21N3O2.C9H9NO/c1-11(2,3)8(12)10(16)14-6-4-5-7(14)9(13)15;10-7-9-3-1-8(2-4-9)5-6-11/h7-8H,4-6,12H2,1-3H3,(H2,13,15);1-4,11H,5-6H2. The van der Waals surface area contributed by atoms with Gasteiger partial charge in [-0.1, -0.05) is 32.9 Å². The Morgan fingerprint density at radius 3 is 2.37 bits per heavy atom. The van der Waals surface area contributed by atoms with Crippen molar-refractivity contribution in [3.8, 4) is 6.07 Å². The molecule has 1 aromatic carbocycles. The number of nitriles is 1. The van der Waals surface area contributed by atoms with Gasteiger partial charge in [0.15, 0.2) is 0 Å². The Morgan fingerprint density at radius 2 is 1.93 bits per heavy atom. The monoisotopic (exact) mass is 374 g/mol. The summed E-state index contributed by atoms with van der Waals surface area (Å²) in [7, 11) is 0. The molecule has 148 valence electrons. The van der Waals surface area contributed by atoms with E-state index in [4.69, 9.17) is 21.8 Å². The quantitative estimate of drug-likeness (QED) is 0.721. The van der Waals surface area contributed by atoms with E-state index in [1.165, 1.54) is 4.90 Å². The van der Waals surface area contributed by atoms with Crippen molar-refractivity contribution in [1.82, 2.24) is 4.90 Å². The summed E-state index contributed by atoms with van der Waals surface area (Å²) in [4.78, 5) is 24.8. The van der Waals surface area contributed by atoms with Crippen molar-refractivity contribution in [2.75, 3.05) is 13.2 Å². The van der Waals surface area contributed by atoms with Crippen LogP contribution < -0.4 is 11.5 Å². The Kier molecular flexibility index (Phi) is 8.41. The van der Waals surface area contributed by atoms with Gasteiger partial charge in [0.1, 0.15) is 6.04 Å². The van der Waals surface area contributed by atoms with E-state index in [-0.39, 0.29) is 17.9 Å². The fraction of sp³-hybridized carbons (Fsp3) is 0.550. The van der Waals surface area contributed by atoms with Crippen LogP contribution in [-0.4, -0.2) is 47.1 Å². The first kappa shape index (κ1) is 22.6. The maximum atomic E-state index is 12.1. The van der Waals surface area contributed by atoms with Crippen molar-refractivity contribution >= 4 is 11.8 Å². The first-order valence-corrected chi connectivity index (χ1v) is 9.07. The van der Waals surface area contributed by atoms with Crippen LogP contribution in [0.25, 0.3) is 0 Å². The van der Waals surface area contributed by atoms with Crippen molar-refractivity contribution in [3.63, 3.8) is 0 Å². The maximum absolute atomic E-state index is 12.1. The van der Waals surface area contributed by atoms with Crippen LogP contribution in [0.1, 0.15) is 44.7 Å². The van der Waals surface area contributed by atoms with Gasteiger partial charge in [0, 0.05) is 13.2 Å². The molecule has 0 aromatic heterocycles. The van der Waals surface area contributed by atoms with E-state index in [9.17, 15) is 9.59 Å². The molecule has 2 rings (SSSR count). The molecule has 5 N–H and O–H groups in total. The summed E-state index contributed by atoms with van der Waals surface area (Å²) in [6, 6.07) is 8.19. The van der Waals surface area contributed by atoms with Crippen molar-refractivity contribution < 1.29 is 14.7 Å². The highest BCUT2D eigenvalue weighted by molar-refractivity contribution is 5.89. The molecule has 0 saturated carbocycles. The number of aliphatic hydroxyl groups is 1. The van der Waals surface area contributed by atoms with E-state index in [1.54, 1.807) is 12.1 Å². The smallest absolute Gasteiger partial charge is 0.240 e. The predicted octanol–water partition coefficient (Wildman–Crippen LogP) is 0.929. The first-order valence-electron chi connectivity index (χ1n) is 9.07. The maximum Gasteiger partial charge on any atom is 0.240 e. The van der Waals surface area contributed by atoms with Gasteiger partial charge in [0.05, 0.1) is 17.7 Å². The highest BCUT2D eigenvalue weighted by Gasteiger charge is 2.38. The third-order valence-electron chi connectivity index (χ3n) is 4.55. The van der Waals surface area contributed by atoms with Crippen LogP contribution in [0, 0.1) is 16.7 Å². The summed E-state index contributed by atoms with van der Waals surface area (Å²) in [5, 5.41) is 17.0. The Balaban J connectivity index is 0.000000289. The van der Waals surface area contributed by atoms with Crippen molar-refractivity contribution in [2.45, 2.75) is 52.1 Å². The van der Waals surface area contributed by atoms with Gasteiger partial charge in [-0.25, -0.2) is 0 Å². The number of nitrogens with zero attached hydrogens (tertiary/aromatic N) is 2. The van der Waals surface area contributed by atoms with Gasteiger partial charge in [-0.05, 0) is 42.4 Å². The molecule has 1 heterocycles. The minimum Gasteiger partial charge on any atom is -0.396 e. The summed E-state index contributed by atoms with van der Waals surface area (Å²) in [5.74, 6) is -0.610. The van der Waals surface area contributed by atoms with Gasteiger partial charge in [-0.15, -0.1) is 0 Å². The number of hydrogen-bond acceptors (Lipinski definition) is 5. The van der Waals surface area contributed by atoms with Crippen molar-refractivity contribution in [1.29, 1.82) is 5.26 Å². The Labute approximate surface area is 160 Å². The molecule has 0 spiro atoms. The van der Waals surface area contributed by atoms with E-state index in [1.807, 2.05) is 39.0 Å². The number of hydrogen-bond donors (Lipinski definition) is 3. The number of carbonyl (C=O) groups is 2. The number of nitrogens with two attached hydrogens (primary N) is 2. The molecule has 0 aliphatic carbocycles. The lowest BCUT2D eigenvalue weighted by molar-refractivity contribution is -0.140. The molecule has 2 unspecified atom stereocenters. The van der Waals surface area contributed by atoms with E-state index >= 15 is 0 Å². The number of primary amides is 1. The molecule has 2 atom stereocenters. The van der Waals surface area contributed by atoms with Crippen molar-refractivity contribution in [3.05, 3.63) is 35.4 Å².